The van der Waals surface area contributed by atoms with Gasteiger partial charge in [-0.25, -0.2) is 4.99 Å². The normalized spacial score (nSPS) is 24.2. The molecule has 160 valence electrons. The Balaban J connectivity index is 1.42. The van der Waals surface area contributed by atoms with Crippen LogP contribution in [-0.2, 0) is 16.0 Å². The number of aliphatic imine (C=N–C) groups is 1. The second kappa shape index (κ2) is 8.71. The number of anilines is 1. The van der Waals surface area contributed by atoms with Crippen molar-refractivity contribution in [3.8, 4) is 6.07 Å². The van der Waals surface area contributed by atoms with Crippen molar-refractivity contribution in [3.63, 3.8) is 0 Å². The highest BCUT2D eigenvalue weighted by Gasteiger charge is 2.45. The number of benzene rings is 1. The number of rotatable bonds is 3. The van der Waals surface area contributed by atoms with Crippen molar-refractivity contribution in [2.24, 2.45) is 16.8 Å². The fraction of sp³-hybridized carbons (Fsp3) is 0.320. The van der Waals surface area contributed by atoms with E-state index in [1.807, 2.05) is 41.3 Å². The number of carbonyl (C=O) groups is 2. The molecule has 0 saturated heterocycles. The Hall–Kier alpha value is -3.24. The predicted octanol–water partition coefficient (Wildman–Crippen LogP) is 3.90. The average molecular weight is 443 g/mol. The minimum absolute atomic E-state index is 0.00749. The second-order valence-electron chi connectivity index (χ2n) is 8.19. The van der Waals surface area contributed by atoms with Gasteiger partial charge in [0.05, 0.1) is 22.8 Å². The number of aromatic nitrogens is 1. The molecule has 0 N–H and O–H groups in total. The first-order valence-corrected chi connectivity index (χ1v) is 11.8. The van der Waals surface area contributed by atoms with Gasteiger partial charge in [0.25, 0.3) is 0 Å². The summed E-state index contributed by atoms with van der Waals surface area (Å²) in [6.45, 7) is 0.674. The van der Waals surface area contributed by atoms with Crippen LogP contribution in [0.4, 0.5) is 5.69 Å². The zero-order chi connectivity index (χ0) is 22.1. The Morgan fingerprint density at radius 2 is 2.09 bits per heavy atom. The molecule has 0 fully saturated rings. The first-order valence-electron chi connectivity index (χ1n) is 10.8. The lowest BCUT2D eigenvalue weighted by Crippen LogP contribution is -2.38. The van der Waals surface area contributed by atoms with Gasteiger partial charge in [0.15, 0.2) is 0 Å². The van der Waals surface area contributed by atoms with E-state index in [-0.39, 0.29) is 23.4 Å². The van der Waals surface area contributed by atoms with Crippen molar-refractivity contribution >= 4 is 34.2 Å². The van der Waals surface area contributed by atoms with Gasteiger partial charge in [-0.1, -0.05) is 42.1 Å². The number of para-hydroxylation sites is 1. The van der Waals surface area contributed by atoms with Crippen LogP contribution in [0.3, 0.4) is 0 Å². The quantitative estimate of drug-likeness (QED) is 0.720. The van der Waals surface area contributed by atoms with E-state index in [1.54, 1.807) is 12.4 Å². The van der Waals surface area contributed by atoms with Crippen LogP contribution in [0.1, 0.15) is 29.9 Å². The topological polar surface area (TPSA) is 86.4 Å². The molecule has 3 aliphatic rings. The lowest BCUT2D eigenvalue weighted by atomic mass is 9.70. The van der Waals surface area contributed by atoms with E-state index in [0.717, 1.165) is 23.4 Å². The Bertz CT molecular complexity index is 1170. The number of nitrogens with zero attached hydrogens (tertiary/aromatic N) is 4. The molecule has 1 aromatic carbocycles. The van der Waals surface area contributed by atoms with E-state index in [2.05, 4.69) is 17.1 Å². The van der Waals surface area contributed by atoms with Gasteiger partial charge in [-0.3, -0.25) is 14.6 Å². The molecule has 1 amide bonds. The Labute approximate surface area is 191 Å². The van der Waals surface area contributed by atoms with E-state index in [0.29, 0.717) is 24.4 Å². The molecule has 3 atom stereocenters. The van der Waals surface area contributed by atoms with Gasteiger partial charge in [0.2, 0.25) is 5.91 Å². The van der Waals surface area contributed by atoms with Gasteiger partial charge in [-0.15, -0.1) is 0 Å². The predicted molar refractivity (Wildman–Crippen MR) is 124 cm³/mol. The van der Waals surface area contributed by atoms with Crippen LogP contribution in [0.25, 0.3) is 0 Å². The summed E-state index contributed by atoms with van der Waals surface area (Å²) in [5.41, 5.74) is 3.73. The molecular formula is C25H22N4O2S. The van der Waals surface area contributed by atoms with Gasteiger partial charge in [-0.05, 0) is 36.1 Å². The molecule has 1 aliphatic carbocycles. The summed E-state index contributed by atoms with van der Waals surface area (Å²) in [6.07, 6.45) is 7.40. The van der Waals surface area contributed by atoms with Crippen LogP contribution >= 0.6 is 11.8 Å². The van der Waals surface area contributed by atoms with Crippen molar-refractivity contribution in [1.29, 1.82) is 5.26 Å². The van der Waals surface area contributed by atoms with Gasteiger partial charge in [0.1, 0.15) is 11.7 Å². The number of ketones is 1. The summed E-state index contributed by atoms with van der Waals surface area (Å²) in [5.74, 6) is -1.02. The molecule has 2 aromatic rings. The van der Waals surface area contributed by atoms with Crippen LogP contribution in [0, 0.1) is 23.2 Å². The van der Waals surface area contributed by atoms with E-state index in [4.69, 9.17) is 4.99 Å². The molecule has 0 saturated carbocycles. The zero-order valence-corrected chi connectivity index (χ0v) is 18.3. The molecule has 0 bridgehead atoms. The molecule has 0 spiro atoms. The standard InChI is InChI=1S/C25H22N4O2S/c26-13-18-23(17-6-4-11-27-14-17)24-19(7-3-9-21(24)30)28-25(18)32-15-22(31)29-12-10-16-5-1-2-8-20(16)29/h1-2,4-8,11,14,18,23-24H,3,9-10,12,15H2/t18?,23-,24+/m1/s1. The first kappa shape index (κ1) is 20.7. The first-order chi connectivity index (χ1) is 15.7. The van der Waals surface area contributed by atoms with Crippen LogP contribution in [0.5, 0.6) is 0 Å². The van der Waals surface area contributed by atoms with Crippen molar-refractivity contribution < 1.29 is 9.59 Å². The highest BCUT2D eigenvalue weighted by atomic mass is 32.2. The molecular weight excluding hydrogens is 420 g/mol. The van der Waals surface area contributed by atoms with E-state index in [1.165, 1.54) is 17.3 Å². The molecule has 1 unspecified atom stereocenters. The highest BCUT2D eigenvalue weighted by Crippen LogP contribution is 2.46. The lowest BCUT2D eigenvalue weighted by Gasteiger charge is -2.36. The molecule has 1 aromatic heterocycles. The third kappa shape index (κ3) is 3.65. The summed E-state index contributed by atoms with van der Waals surface area (Å²) in [7, 11) is 0. The van der Waals surface area contributed by atoms with Crippen molar-refractivity contribution in [3.05, 3.63) is 71.7 Å². The maximum absolute atomic E-state index is 13.0. The number of pyridine rings is 1. The number of nitriles is 1. The SMILES string of the molecule is N#CC1C(SCC(=O)N2CCc3ccccc32)=NC2=CCCC(=O)[C@H]2[C@@H]1c1cccnc1. The summed E-state index contributed by atoms with van der Waals surface area (Å²) in [6, 6.07) is 14.1. The maximum Gasteiger partial charge on any atom is 0.237 e. The average Bonchev–Trinajstić information content (AvgIpc) is 3.26. The van der Waals surface area contributed by atoms with Gasteiger partial charge in [0, 0.05) is 42.7 Å². The number of hydrogen-bond donors (Lipinski definition) is 0. The van der Waals surface area contributed by atoms with Crippen LogP contribution in [-0.4, -0.2) is 34.0 Å². The molecule has 6 nitrogen and oxygen atoms in total. The van der Waals surface area contributed by atoms with Gasteiger partial charge in [-0.2, -0.15) is 5.26 Å². The Kier molecular flexibility index (Phi) is 5.62. The third-order valence-corrected chi connectivity index (χ3v) is 7.41. The number of allylic oxidation sites excluding steroid dienone is 2. The lowest BCUT2D eigenvalue weighted by molar-refractivity contribution is -0.123. The van der Waals surface area contributed by atoms with Gasteiger partial charge >= 0.3 is 0 Å². The minimum Gasteiger partial charge on any atom is -0.311 e. The molecule has 0 radical (unpaired) electrons. The second-order valence-corrected chi connectivity index (χ2v) is 9.19. The largest absolute Gasteiger partial charge is 0.311 e. The molecule has 2 aliphatic heterocycles. The van der Waals surface area contributed by atoms with Crippen LogP contribution < -0.4 is 4.90 Å². The van der Waals surface area contributed by atoms with E-state index >= 15 is 0 Å². The van der Waals surface area contributed by atoms with Crippen molar-refractivity contribution in [2.75, 3.05) is 17.2 Å². The third-order valence-electron chi connectivity index (χ3n) is 6.37. The smallest absolute Gasteiger partial charge is 0.237 e. The van der Waals surface area contributed by atoms with Crippen molar-refractivity contribution in [2.45, 2.75) is 25.2 Å². The number of thioether (sulfide) groups is 1. The molecule has 5 rings (SSSR count). The maximum atomic E-state index is 13.0. The summed E-state index contributed by atoms with van der Waals surface area (Å²) in [4.78, 5) is 36.6. The fourth-order valence-corrected chi connectivity index (χ4v) is 5.85. The molecule has 7 heteroatoms. The Morgan fingerprint density at radius 3 is 2.91 bits per heavy atom. The van der Waals surface area contributed by atoms with E-state index in [9.17, 15) is 14.9 Å². The monoisotopic (exact) mass is 442 g/mol. The molecule has 3 heterocycles. The number of fused-ring (bicyclic) bond motifs is 2. The molecule has 32 heavy (non-hydrogen) atoms. The number of Topliss-reactive ketones (excluding diaryl/α,β-unsaturated/α-hetero) is 1. The zero-order valence-electron chi connectivity index (χ0n) is 17.5. The summed E-state index contributed by atoms with van der Waals surface area (Å²) >= 11 is 1.32. The number of carbonyl (C=O) groups excluding carboxylic acids is 2. The highest BCUT2D eigenvalue weighted by molar-refractivity contribution is 8.14. The van der Waals surface area contributed by atoms with E-state index < -0.39 is 11.8 Å². The minimum atomic E-state index is -0.591. The number of hydrogen-bond acceptors (Lipinski definition) is 6. The Morgan fingerprint density at radius 1 is 1.22 bits per heavy atom. The summed E-state index contributed by atoms with van der Waals surface area (Å²) in [5, 5.41) is 10.7. The van der Waals surface area contributed by atoms with Crippen LogP contribution in [0.2, 0.25) is 0 Å². The van der Waals surface area contributed by atoms with Crippen molar-refractivity contribution in [1.82, 2.24) is 4.98 Å². The fourth-order valence-electron chi connectivity index (χ4n) is 4.88. The number of amides is 1. The summed E-state index contributed by atoms with van der Waals surface area (Å²) < 4.78 is 0. The van der Waals surface area contributed by atoms with Gasteiger partial charge < -0.3 is 4.90 Å². The van der Waals surface area contributed by atoms with Crippen LogP contribution in [0.15, 0.2) is 65.6 Å².